The molecule has 2 aliphatic rings. The zero-order valence-electron chi connectivity index (χ0n) is 10.2. The lowest BCUT2D eigenvalue weighted by Gasteiger charge is -2.31. The Labute approximate surface area is 94.4 Å². The molecule has 0 amide bonds. The Balaban J connectivity index is 1.56. The second-order valence-corrected chi connectivity index (χ2v) is 5.48. The van der Waals surface area contributed by atoms with E-state index in [0.717, 1.165) is 12.0 Å². The highest BCUT2D eigenvalue weighted by Crippen LogP contribution is 2.18. The van der Waals surface area contributed by atoms with Crippen molar-refractivity contribution in [2.45, 2.75) is 51.5 Å². The van der Waals surface area contributed by atoms with Gasteiger partial charge in [-0.3, -0.25) is 0 Å². The molecular formula is C13H26N2. The van der Waals surface area contributed by atoms with Gasteiger partial charge >= 0.3 is 0 Å². The number of nitrogens with one attached hydrogen (secondary N) is 1. The topological polar surface area (TPSA) is 15.3 Å². The van der Waals surface area contributed by atoms with Crippen LogP contribution < -0.4 is 5.32 Å². The molecule has 1 heterocycles. The molecule has 0 aromatic heterocycles. The summed E-state index contributed by atoms with van der Waals surface area (Å²) < 4.78 is 0. The zero-order chi connectivity index (χ0) is 10.5. The van der Waals surface area contributed by atoms with Crippen LogP contribution in [0.3, 0.4) is 0 Å². The Hall–Kier alpha value is -0.0800. The van der Waals surface area contributed by atoms with Crippen molar-refractivity contribution in [3.8, 4) is 0 Å². The van der Waals surface area contributed by atoms with Crippen LogP contribution in [0.15, 0.2) is 0 Å². The van der Waals surface area contributed by atoms with E-state index in [1.54, 1.807) is 0 Å². The van der Waals surface area contributed by atoms with Crippen molar-refractivity contribution in [2.75, 3.05) is 26.2 Å². The minimum absolute atomic E-state index is 0.840. The van der Waals surface area contributed by atoms with E-state index in [2.05, 4.69) is 17.1 Å². The molecule has 0 aromatic rings. The Morgan fingerprint density at radius 2 is 1.93 bits per heavy atom. The van der Waals surface area contributed by atoms with E-state index < -0.39 is 0 Å². The van der Waals surface area contributed by atoms with Crippen LogP contribution in [0.4, 0.5) is 0 Å². The van der Waals surface area contributed by atoms with Gasteiger partial charge in [0.05, 0.1) is 0 Å². The van der Waals surface area contributed by atoms with Crippen molar-refractivity contribution in [3.63, 3.8) is 0 Å². The standard InChI is InChI=1S/C13H26N2/c1-12-5-4-9-15(11-12)10-8-14-13-6-2-3-7-13/h12-14H,2-11H2,1H3/t12-/m1/s1. The number of rotatable bonds is 4. The van der Waals surface area contributed by atoms with E-state index in [-0.39, 0.29) is 0 Å². The summed E-state index contributed by atoms with van der Waals surface area (Å²) in [6.45, 7) is 7.51. The minimum atomic E-state index is 0.840. The van der Waals surface area contributed by atoms with Crippen LogP contribution in [0.2, 0.25) is 0 Å². The number of hydrogen-bond acceptors (Lipinski definition) is 2. The molecule has 1 aliphatic carbocycles. The quantitative estimate of drug-likeness (QED) is 0.765. The summed E-state index contributed by atoms with van der Waals surface area (Å²) in [6.07, 6.45) is 8.56. The van der Waals surface area contributed by atoms with Crippen molar-refractivity contribution in [2.24, 2.45) is 5.92 Å². The minimum Gasteiger partial charge on any atom is -0.313 e. The Morgan fingerprint density at radius 1 is 1.13 bits per heavy atom. The lowest BCUT2D eigenvalue weighted by Crippen LogP contribution is -2.40. The molecule has 1 saturated carbocycles. The molecule has 2 fully saturated rings. The molecule has 1 saturated heterocycles. The SMILES string of the molecule is C[C@@H]1CCCN(CCNC2CCCC2)C1. The second kappa shape index (κ2) is 5.86. The molecule has 0 unspecified atom stereocenters. The Bertz CT molecular complexity index is 175. The number of likely N-dealkylation sites (tertiary alicyclic amines) is 1. The molecular weight excluding hydrogens is 184 g/mol. The van der Waals surface area contributed by atoms with Crippen LogP contribution in [0.25, 0.3) is 0 Å². The van der Waals surface area contributed by atoms with Gasteiger partial charge in [0.15, 0.2) is 0 Å². The molecule has 0 spiro atoms. The normalized spacial score (nSPS) is 29.8. The highest BCUT2D eigenvalue weighted by atomic mass is 15.1. The third-order valence-electron chi connectivity index (χ3n) is 3.96. The van der Waals surface area contributed by atoms with E-state index in [0.29, 0.717) is 0 Å². The second-order valence-electron chi connectivity index (χ2n) is 5.48. The lowest BCUT2D eigenvalue weighted by molar-refractivity contribution is 0.183. The van der Waals surface area contributed by atoms with E-state index in [1.165, 1.54) is 64.7 Å². The fraction of sp³-hybridized carbons (Fsp3) is 1.00. The van der Waals surface area contributed by atoms with E-state index in [1.807, 2.05) is 0 Å². The molecule has 2 rings (SSSR count). The number of nitrogens with zero attached hydrogens (tertiary/aromatic N) is 1. The molecule has 0 aromatic carbocycles. The van der Waals surface area contributed by atoms with Gasteiger partial charge in [0, 0.05) is 25.7 Å². The Kier molecular flexibility index (Phi) is 4.45. The lowest BCUT2D eigenvalue weighted by atomic mass is 10.0. The summed E-state index contributed by atoms with van der Waals surface area (Å²) in [5.41, 5.74) is 0. The third-order valence-corrected chi connectivity index (χ3v) is 3.96. The number of hydrogen-bond donors (Lipinski definition) is 1. The van der Waals surface area contributed by atoms with Crippen molar-refractivity contribution in [1.29, 1.82) is 0 Å². The third kappa shape index (κ3) is 3.76. The predicted molar refractivity (Wildman–Crippen MR) is 65.1 cm³/mol. The summed E-state index contributed by atoms with van der Waals surface area (Å²) in [6, 6.07) is 0.840. The first kappa shape index (κ1) is 11.4. The summed E-state index contributed by atoms with van der Waals surface area (Å²) in [7, 11) is 0. The van der Waals surface area contributed by atoms with Crippen LogP contribution in [0.1, 0.15) is 45.4 Å². The van der Waals surface area contributed by atoms with E-state index >= 15 is 0 Å². The van der Waals surface area contributed by atoms with Crippen LogP contribution >= 0.6 is 0 Å². The first-order chi connectivity index (χ1) is 7.34. The summed E-state index contributed by atoms with van der Waals surface area (Å²) in [4.78, 5) is 2.64. The van der Waals surface area contributed by atoms with Gasteiger partial charge < -0.3 is 10.2 Å². The molecule has 1 aliphatic heterocycles. The van der Waals surface area contributed by atoms with E-state index in [9.17, 15) is 0 Å². The van der Waals surface area contributed by atoms with Crippen molar-refractivity contribution in [1.82, 2.24) is 10.2 Å². The maximum absolute atomic E-state index is 3.70. The molecule has 2 heteroatoms. The van der Waals surface area contributed by atoms with Gasteiger partial charge in [-0.1, -0.05) is 19.8 Å². The first-order valence-corrected chi connectivity index (χ1v) is 6.80. The molecule has 2 nitrogen and oxygen atoms in total. The van der Waals surface area contributed by atoms with Gasteiger partial charge in [0.1, 0.15) is 0 Å². The predicted octanol–water partition coefficient (Wildman–Crippen LogP) is 2.25. The summed E-state index contributed by atoms with van der Waals surface area (Å²) in [5.74, 6) is 0.922. The van der Waals surface area contributed by atoms with Gasteiger partial charge in [0.25, 0.3) is 0 Å². The van der Waals surface area contributed by atoms with Gasteiger partial charge in [0.2, 0.25) is 0 Å². The van der Waals surface area contributed by atoms with E-state index in [4.69, 9.17) is 0 Å². The maximum Gasteiger partial charge on any atom is 0.0107 e. The molecule has 15 heavy (non-hydrogen) atoms. The molecule has 0 radical (unpaired) electrons. The number of piperidine rings is 1. The zero-order valence-corrected chi connectivity index (χ0v) is 10.2. The fourth-order valence-electron chi connectivity index (χ4n) is 3.05. The van der Waals surface area contributed by atoms with Crippen LogP contribution in [-0.2, 0) is 0 Å². The average molecular weight is 210 g/mol. The monoisotopic (exact) mass is 210 g/mol. The smallest absolute Gasteiger partial charge is 0.0107 e. The summed E-state index contributed by atoms with van der Waals surface area (Å²) >= 11 is 0. The highest BCUT2D eigenvalue weighted by molar-refractivity contribution is 4.75. The largest absolute Gasteiger partial charge is 0.313 e. The maximum atomic E-state index is 3.70. The molecule has 1 atom stereocenters. The van der Waals surface area contributed by atoms with Crippen molar-refractivity contribution < 1.29 is 0 Å². The van der Waals surface area contributed by atoms with Gasteiger partial charge in [-0.25, -0.2) is 0 Å². The van der Waals surface area contributed by atoms with Crippen LogP contribution in [0.5, 0.6) is 0 Å². The summed E-state index contributed by atoms with van der Waals surface area (Å²) in [5, 5.41) is 3.70. The molecule has 88 valence electrons. The van der Waals surface area contributed by atoms with Crippen molar-refractivity contribution in [3.05, 3.63) is 0 Å². The fourth-order valence-corrected chi connectivity index (χ4v) is 3.05. The van der Waals surface area contributed by atoms with Crippen LogP contribution in [0, 0.1) is 5.92 Å². The van der Waals surface area contributed by atoms with Gasteiger partial charge in [-0.15, -0.1) is 0 Å². The molecule has 1 N–H and O–H groups in total. The van der Waals surface area contributed by atoms with Gasteiger partial charge in [-0.05, 0) is 38.1 Å². The van der Waals surface area contributed by atoms with Gasteiger partial charge in [-0.2, -0.15) is 0 Å². The Morgan fingerprint density at radius 3 is 2.67 bits per heavy atom. The highest BCUT2D eigenvalue weighted by Gasteiger charge is 2.17. The van der Waals surface area contributed by atoms with Crippen LogP contribution in [-0.4, -0.2) is 37.1 Å². The first-order valence-electron chi connectivity index (χ1n) is 6.80. The molecule has 0 bridgehead atoms. The van der Waals surface area contributed by atoms with Crippen molar-refractivity contribution >= 4 is 0 Å². The average Bonchev–Trinajstić information content (AvgIpc) is 2.71.